The van der Waals surface area contributed by atoms with Crippen LogP contribution in [0.5, 0.6) is 0 Å². The predicted molar refractivity (Wildman–Crippen MR) is 229 cm³/mol. The van der Waals surface area contributed by atoms with E-state index in [-0.39, 0.29) is 10.8 Å². The lowest BCUT2D eigenvalue weighted by atomic mass is 9.85. The first-order chi connectivity index (χ1) is 26.5. The summed E-state index contributed by atoms with van der Waals surface area (Å²) in [6, 6.07) is 53.6. The summed E-state index contributed by atoms with van der Waals surface area (Å²) < 4.78 is 6.49. The molecule has 0 aliphatic carbocycles. The minimum Gasteiger partial charge on any atom is -0.455 e. The van der Waals surface area contributed by atoms with E-state index in [1.807, 2.05) is 24.3 Å². The molecule has 4 heteroatoms. The molecule has 0 fully saturated rings. The van der Waals surface area contributed by atoms with Crippen LogP contribution in [0, 0.1) is 0 Å². The van der Waals surface area contributed by atoms with Crippen molar-refractivity contribution in [2.75, 3.05) is 0 Å². The van der Waals surface area contributed by atoms with Gasteiger partial charge in [0.2, 0.25) is 0 Å². The lowest BCUT2D eigenvalue weighted by Crippen LogP contribution is -2.10. The van der Waals surface area contributed by atoms with E-state index in [0.29, 0.717) is 17.5 Å². The van der Waals surface area contributed by atoms with Crippen molar-refractivity contribution in [3.05, 3.63) is 163 Å². The fraction of sp³-hybridized carbons (Fsp3) is 0.157. The quantitative estimate of drug-likeness (QED) is 0.178. The second-order valence-electron chi connectivity index (χ2n) is 16.5. The van der Waals surface area contributed by atoms with Crippen LogP contribution in [0.25, 0.3) is 89.1 Å². The highest BCUT2D eigenvalue weighted by atomic mass is 16.3. The second kappa shape index (κ2) is 13.2. The number of benzene rings is 7. The molecule has 9 aromatic rings. The van der Waals surface area contributed by atoms with Gasteiger partial charge >= 0.3 is 0 Å². The molecule has 0 saturated heterocycles. The lowest BCUT2D eigenvalue weighted by Gasteiger charge is -2.19. The van der Waals surface area contributed by atoms with Gasteiger partial charge in [-0.2, -0.15) is 0 Å². The zero-order valence-electron chi connectivity index (χ0n) is 32.2. The first-order valence-corrected chi connectivity index (χ1v) is 19.0. The number of hydrogen-bond acceptors (Lipinski definition) is 4. The predicted octanol–water partition coefficient (Wildman–Crippen LogP) is 13.9. The van der Waals surface area contributed by atoms with Crippen molar-refractivity contribution in [3.63, 3.8) is 0 Å². The fourth-order valence-corrected chi connectivity index (χ4v) is 7.54. The summed E-state index contributed by atoms with van der Waals surface area (Å²) in [7, 11) is 0. The Kier molecular flexibility index (Phi) is 8.24. The van der Waals surface area contributed by atoms with Gasteiger partial charge in [0.1, 0.15) is 11.2 Å². The van der Waals surface area contributed by atoms with Crippen molar-refractivity contribution in [1.82, 2.24) is 15.0 Å². The number of hydrogen-bond donors (Lipinski definition) is 0. The maximum absolute atomic E-state index is 6.49. The first kappa shape index (κ1) is 34.4. The monoisotopic (exact) mass is 713 g/mol. The Hall–Kier alpha value is -6.39. The highest BCUT2D eigenvalue weighted by Gasteiger charge is 2.20. The summed E-state index contributed by atoms with van der Waals surface area (Å²) in [5.74, 6) is 1.78. The van der Waals surface area contributed by atoms with Crippen molar-refractivity contribution < 1.29 is 4.42 Å². The van der Waals surface area contributed by atoms with Gasteiger partial charge < -0.3 is 4.42 Å². The highest BCUT2D eigenvalue weighted by Crippen LogP contribution is 2.39. The van der Waals surface area contributed by atoms with E-state index in [4.69, 9.17) is 19.4 Å². The number of para-hydroxylation sites is 2. The lowest BCUT2D eigenvalue weighted by molar-refractivity contribution is 0.590. The van der Waals surface area contributed by atoms with E-state index in [2.05, 4.69) is 169 Å². The van der Waals surface area contributed by atoms with E-state index in [1.165, 1.54) is 27.8 Å². The normalized spacial score (nSPS) is 12.2. The molecule has 0 radical (unpaired) electrons. The molecule has 0 N–H and O–H groups in total. The number of furan rings is 1. The van der Waals surface area contributed by atoms with Crippen LogP contribution in [-0.4, -0.2) is 15.0 Å². The van der Waals surface area contributed by atoms with Crippen molar-refractivity contribution in [2.45, 2.75) is 52.4 Å². The van der Waals surface area contributed by atoms with Crippen LogP contribution in [-0.2, 0) is 10.8 Å². The van der Waals surface area contributed by atoms with Crippen molar-refractivity contribution in [2.24, 2.45) is 0 Å². The van der Waals surface area contributed by atoms with Gasteiger partial charge in [-0.3, -0.25) is 0 Å². The fourth-order valence-electron chi connectivity index (χ4n) is 7.54. The van der Waals surface area contributed by atoms with Crippen LogP contribution < -0.4 is 0 Å². The minimum absolute atomic E-state index is 0.0866. The highest BCUT2D eigenvalue weighted by molar-refractivity contribution is 6.09. The van der Waals surface area contributed by atoms with E-state index in [9.17, 15) is 0 Å². The summed E-state index contributed by atoms with van der Waals surface area (Å²) in [5.41, 5.74) is 11.8. The maximum atomic E-state index is 6.49. The molecule has 0 atom stereocenters. The van der Waals surface area contributed by atoms with Gasteiger partial charge in [-0.15, -0.1) is 0 Å². The molecule has 55 heavy (non-hydrogen) atoms. The Bertz CT molecular complexity index is 2850. The molecule has 7 aromatic carbocycles. The molecule has 9 rings (SSSR count). The average Bonchev–Trinajstić information content (AvgIpc) is 3.59. The Balaban J connectivity index is 1.20. The molecule has 268 valence electrons. The second-order valence-corrected chi connectivity index (χ2v) is 16.5. The summed E-state index contributed by atoms with van der Waals surface area (Å²) in [6.07, 6.45) is 0. The topological polar surface area (TPSA) is 51.8 Å². The Morgan fingerprint density at radius 3 is 1.42 bits per heavy atom. The Morgan fingerprint density at radius 1 is 0.345 bits per heavy atom. The number of aromatic nitrogens is 3. The third-order valence-electron chi connectivity index (χ3n) is 10.7. The van der Waals surface area contributed by atoms with Gasteiger partial charge in [0.05, 0.1) is 5.56 Å². The molecule has 2 aromatic heterocycles. The first-order valence-electron chi connectivity index (χ1n) is 19.0. The molecule has 0 aliphatic rings. The molecule has 0 unspecified atom stereocenters. The van der Waals surface area contributed by atoms with E-state index >= 15 is 0 Å². The molecule has 0 bridgehead atoms. The van der Waals surface area contributed by atoms with Crippen LogP contribution in [0.1, 0.15) is 52.7 Å². The molecular weight excluding hydrogens is 671 g/mol. The summed E-state index contributed by atoms with van der Waals surface area (Å²) in [4.78, 5) is 15.6. The Morgan fingerprint density at radius 2 is 0.800 bits per heavy atom. The maximum Gasteiger partial charge on any atom is 0.167 e. The van der Waals surface area contributed by atoms with Gasteiger partial charge in [0.25, 0.3) is 0 Å². The SMILES string of the molecule is CC(C)(C)c1ccc(-c2ccc(-c3nc(-c4ccc(-c5ccc(C(C)(C)C)cc5)c5ccccc45)nc(-c4cccc5c4oc4ccccc45)n3)cc2)cc1. The van der Waals surface area contributed by atoms with Gasteiger partial charge in [-0.05, 0) is 73.2 Å². The van der Waals surface area contributed by atoms with Crippen LogP contribution in [0.3, 0.4) is 0 Å². The van der Waals surface area contributed by atoms with E-state index < -0.39 is 0 Å². The summed E-state index contributed by atoms with van der Waals surface area (Å²) >= 11 is 0. The molecule has 2 heterocycles. The van der Waals surface area contributed by atoms with Crippen LogP contribution >= 0.6 is 0 Å². The molecular formula is C51H43N3O. The third kappa shape index (κ3) is 6.38. The van der Waals surface area contributed by atoms with Gasteiger partial charge in [0.15, 0.2) is 17.5 Å². The number of rotatable bonds is 5. The van der Waals surface area contributed by atoms with Gasteiger partial charge in [-0.25, -0.2) is 15.0 Å². The van der Waals surface area contributed by atoms with Crippen molar-refractivity contribution >= 4 is 32.7 Å². The molecule has 0 spiro atoms. The molecule has 4 nitrogen and oxygen atoms in total. The molecule has 0 amide bonds. The minimum atomic E-state index is 0.0866. The molecule has 0 aliphatic heterocycles. The zero-order valence-corrected chi connectivity index (χ0v) is 32.2. The third-order valence-corrected chi connectivity index (χ3v) is 10.7. The zero-order chi connectivity index (χ0) is 37.9. The largest absolute Gasteiger partial charge is 0.455 e. The van der Waals surface area contributed by atoms with E-state index in [0.717, 1.165) is 55.0 Å². The average molecular weight is 714 g/mol. The summed E-state index contributed by atoms with van der Waals surface area (Å²) in [6.45, 7) is 13.5. The smallest absolute Gasteiger partial charge is 0.167 e. The van der Waals surface area contributed by atoms with Crippen LogP contribution in [0.15, 0.2) is 156 Å². The molecule has 0 saturated carbocycles. The standard InChI is InChI=1S/C51H43N3O/c1-50(2,3)36-26-22-33(23-27-36)32-18-20-35(21-19-32)47-52-48(54-49(53-47)44-16-11-15-42-41-14-9-10-17-45(41)55-46(42)44)43-31-30-38(39-12-7-8-13-40(39)43)34-24-28-37(29-25-34)51(4,5)6/h7-31H,1-6H3. The Labute approximate surface area is 322 Å². The van der Waals surface area contributed by atoms with Gasteiger partial charge in [-0.1, -0.05) is 175 Å². The van der Waals surface area contributed by atoms with Crippen molar-refractivity contribution in [3.8, 4) is 56.4 Å². The van der Waals surface area contributed by atoms with E-state index in [1.54, 1.807) is 0 Å². The van der Waals surface area contributed by atoms with Gasteiger partial charge in [0, 0.05) is 21.9 Å². The van der Waals surface area contributed by atoms with Crippen LogP contribution in [0.2, 0.25) is 0 Å². The number of nitrogens with zero attached hydrogens (tertiary/aromatic N) is 3. The van der Waals surface area contributed by atoms with Crippen LogP contribution in [0.4, 0.5) is 0 Å². The summed E-state index contributed by atoms with van der Waals surface area (Å²) in [5, 5.41) is 4.33. The van der Waals surface area contributed by atoms with Crippen molar-refractivity contribution in [1.29, 1.82) is 0 Å². The number of fused-ring (bicyclic) bond motifs is 4.